The first kappa shape index (κ1) is 27.0. The van der Waals surface area contributed by atoms with Gasteiger partial charge in [-0.15, -0.1) is 0 Å². The Morgan fingerprint density at radius 2 is 1.78 bits per heavy atom. The Morgan fingerprint density at radius 3 is 2.54 bits per heavy atom. The second-order valence-electron chi connectivity index (χ2n) is 11.6. The largest absolute Gasteiger partial charge is 0.508 e. The van der Waals surface area contributed by atoms with Gasteiger partial charge in [-0.1, -0.05) is 30.3 Å². The first-order valence-electron chi connectivity index (χ1n) is 14.4. The molecule has 0 saturated heterocycles. The van der Waals surface area contributed by atoms with Crippen LogP contribution in [-0.4, -0.2) is 34.5 Å². The van der Waals surface area contributed by atoms with E-state index in [9.17, 15) is 14.7 Å². The number of carbonyl (C=O) groups is 2. The van der Waals surface area contributed by atoms with E-state index in [0.717, 1.165) is 62.8 Å². The fourth-order valence-corrected chi connectivity index (χ4v) is 6.04. The smallest absolute Gasteiger partial charge is 0.237 e. The van der Waals surface area contributed by atoms with Crippen molar-refractivity contribution >= 4 is 28.4 Å². The number of para-hydroxylation sites is 1. The fourth-order valence-electron chi connectivity index (χ4n) is 6.04. The quantitative estimate of drug-likeness (QED) is 0.301. The average Bonchev–Trinajstić information content (AvgIpc) is 3.80. The molecular formula is C34H36N4O3. The van der Waals surface area contributed by atoms with Gasteiger partial charge >= 0.3 is 0 Å². The van der Waals surface area contributed by atoms with Crippen LogP contribution in [0.2, 0.25) is 0 Å². The van der Waals surface area contributed by atoms with Gasteiger partial charge in [-0.2, -0.15) is 0 Å². The molecule has 1 saturated carbocycles. The molecule has 7 heteroatoms. The second kappa shape index (κ2) is 11.0. The summed E-state index contributed by atoms with van der Waals surface area (Å²) >= 11 is 0. The molecule has 1 aromatic heterocycles. The van der Waals surface area contributed by atoms with E-state index < -0.39 is 6.04 Å². The lowest BCUT2D eigenvalue weighted by Crippen LogP contribution is -2.47. The number of nitrogens with one attached hydrogen (secondary N) is 1. The van der Waals surface area contributed by atoms with Crippen molar-refractivity contribution in [3.63, 3.8) is 0 Å². The predicted octanol–water partition coefficient (Wildman–Crippen LogP) is 5.02. The van der Waals surface area contributed by atoms with Crippen LogP contribution in [0.5, 0.6) is 5.75 Å². The molecule has 4 N–H and O–H groups in total. The first-order chi connectivity index (χ1) is 19.8. The molecule has 1 fully saturated rings. The van der Waals surface area contributed by atoms with Gasteiger partial charge in [0.2, 0.25) is 11.8 Å². The van der Waals surface area contributed by atoms with Crippen molar-refractivity contribution in [2.24, 2.45) is 11.7 Å². The minimum atomic E-state index is -0.738. The van der Waals surface area contributed by atoms with E-state index in [-0.39, 0.29) is 29.5 Å². The summed E-state index contributed by atoms with van der Waals surface area (Å²) in [5, 5.41) is 14.2. The van der Waals surface area contributed by atoms with E-state index in [4.69, 9.17) is 5.73 Å². The van der Waals surface area contributed by atoms with Crippen molar-refractivity contribution in [1.82, 2.24) is 10.3 Å². The summed E-state index contributed by atoms with van der Waals surface area (Å²) in [7, 11) is 0. The number of aromatic nitrogens is 1. The molecule has 1 aliphatic carbocycles. The minimum Gasteiger partial charge on any atom is -0.508 e. The molecule has 6 rings (SSSR count). The molecule has 2 amide bonds. The highest BCUT2D eigenvalue weighted by atomic mass is 16.3. The van der Waals surface area contributed by atoms with Crippen LogP contribution in [0.25, 0.3) is 10.9 Å². The summed E-state index contributed by atoms with van der Waals surface area (Å²) in [4.78, 5) is 33.0. The van der Waals surface area contributed by atoms with Crippen LogP contribution in [0.4, 0.5) is 5.69 Å². The predicted molar refractivity (Wildman–Crippen MR) is 161 cm³/mol. The summed E-state index contributed by atoms with van der Waals surface area (Å²) < 4.78 is 0. The number of aromatic hydroxyl groups is 1. The van der Waals surface area contributed by atoms with Gasteiger partial charge in [-0.05, 0) is 110 Å². The molecule has 7 nitrogen and oxygen atoms in total. The lowest BCUT2D eigenvalue weighted by atomic mass is 9.91. The molecule has 2 heterocycles. The van der Waals surface area contributed by atoms with E-state index in [0.29, 0.717) is 25.8 Å². The van der Waals surface area contributed by atoms with E-state index in [2.05, 4.69) is 34.6 Å². The van der Waals surface area contributed by atoms with Gasteiger partial charge in [-0.25, -0.2) is 0 Å². The maximum atomic E-state index is 13.4. The molecule has 0 bridgehead atoms. The number of nitrogens with zero attached hydrogens (tertiary/aromatic N) is 2. The number of hydrogen-bond acceptors (Lipinski definition) is 5. The zero-order valence-electron chi connectivity index (χ0n) is 23.6. The van der Waals surface area contributed by atoms with Crippen molar-refractivity contribution in [2.75, 3.05) is 11.4 Å². The summed E-state index contributed by atoms with van der Waals surface area (Å²) in [6.07, 6.45) is 5.51. The molecule has 0 spiro atoms. The monoisotopic (exact) mass is 548 g/mol. The highest BCUT2D eigenvalue weighted by Crippen LogP contribution is 2.39. The second-order valence-corrected chi connectivity index (χ2v) is 11.6. The van der Waals surface area contributed by atoms with Crippen molar-refractivity contribution in [3.8, 4) is 5.75 Å². The molecule has 2 aliphatic rings. The van der Waals surface area contributed by atoms with E-state index in [1.165, 1.54) is 0 Å². The third-order valence-electron chi connectivity index (χ3n) is 8.41. The van der Waals surface area contributed by atoms with Crippen LogP contribution in [0.1, 0.15) is 58.7 Å². The zero-order valence-corrected chi connectivity index (χ0v) is 23.6. The van der Waals surface area contributed by atoms with Crippen LogP contribution >= 0.6 is 0 Å². The number of benzene rings is 3. The number of phenols is 1. The van der Waals surface area contributed by atoms with Gasteiger partial charge in [0.1, 0.15) is 5.75 Å². The third kappa shape index (κ3) is 5.68. The van der Waals surface area contributed by atoms with Crippen LogP contribution in [0.3, 0.4) is 0 Å². The standard InChI is InChI=1S/C34H36N4O3/c1-20-13-26(39)14-21(2)27(20)18-29(35)33(40)37-31-11-12-38(34(41)24-8-9-24)32-10-7-22(17-28(31)32)15-23-16-25-5-3-4-6-30(25)36-19-23/h3-7,10,13-14,16-17,19,24,29,31,39H,8-9,11-12,15,18,35H2,1-2H3,(H,37,40)/t29-,31+/m0/s1. The minimum absolute atomic E-state index is 0.113. The van der Waals surface area contributed by atoms with Gasteiger partial charge < -0.3 is 21.1 Å². The highest BCUT2D eigenvalue weighted by molar-refractivity contribution is 5.98. The average molecular weight is 549 g/mol. The molecular weight excluding hydrogens is 512 g/mol. The van der Waals surface area contributed by atoms with Crippen LogP contribution < -0.4 is 16.0 Å². The van der Waals surface area contributed by atoms with E-state index in [1.807, 2.05) is 49.2 Å². The normalized spacial score (nSPS) is 17.2. The molecule has 4 aromatic rings. The molecule has 0 radical (unpaired) electrons. The van der Waals surface area contributed by atoms with Crippen LogP contribution in [0.15, 0.2) is 66.9 Å². The Balaban J connectivity index is 1.25. The van der Waals surface area contributed by atoms with E-state index >= 15 is 0 Å². The van der Waals surface area contributed by atoms with Gasteiger partial charge in [0.25, 0.3) is 0 Å². The molecule has 2 atom stereocenters. The van der Waals surface area contributed by atoms with Gasteiger partial charge in [0, 0.05) is 29.7 Å². The van der Waals surface area contributed by atoms with E-state index in [1.54, 1.807) is 12.1 Å². The summed E-state index contributed by atoms with van der Waals surface area (Å²) in [5.74, 6) is 0.278. The fraction of sp³-hybridized carbons (Fsp3) is 0.324. The maximum absolute atomic E-state index is 13.4. The van der Waals surface area contributed by atoms with Crippen LogP contribution in [-0.2, 0) is 22.4 Å². The Kier molecular flexibility index (Phi) is 7.22. The topological polar surface area (TPSA) is 109 Å². The Hall–Kier alpha value is -4.23. The Bertz CT molecular complexity index is 1620. The molecule has 41 heavy (non-hydrogen) atoms. The number of phenolic OH excluding ortho intramolecular Hbond substituents is 1. The number of aryl methyl sites for hydroxylation is 2. The van der Waals surface area contributed by atoms with Crippen molar-refractivity contribution in [2.45, 2.75) is 58.0 Å². The summed E-state index contributed by atoms with van der Waals surface area (Å²) in [6.45, 7) is 4.40. The van der Waals surface area contributed by atoms with Gasteiger partial charge in [-0.3, -0.25) is 14.6 Å². The SMILES string of the molecule is Cc1cc(O)cc(C)c1C[C@H](N)C(=O)N[C@@H]1CCN(C(=O)C2CC2)c2ccc(Cc3cnc4ccccc4c3)cc21. The highest BCUT2D eigenvalue weighted by Gasteiger charge is 2.38. The number of pyridine rings is 1. The number of rotatable bonds is 7. The van der Waals surface area contributed by atoms with Crippen molar-refractivity contribution in [1.29, 1.82) is 0 Å². The first-order valence-corrected chi connectivity index (χ1v) is 14.4. The van der Waals surface area contributed by atoms with Gasteiger partial charge in [0.15, 0.2) is 0 Å². The lowest BCUT2D eigenvalue weighted by molar-refractivity contribution is -0.123. The molecule has 210 valence electrons. The Morgan fingerprint density at radius 1 is 1.02 bits per heavy atom. The molecule has 0 unspecified atom stereocenters. The molecule has 1 aliphatic heterocycles. The number of anilines is 1. The van der Waals surface area contributed by atoms with Crippen molar-refractivity contribution in [3.05, 3.63) is 100 Å². The number of fused-ring (bicyclic) bond motifs is 2. The number of nitrogens with two attached hydrogens (primary N) is 1. The number of carbonyl (C=O) groups excluding carboxylic acids is 2. The van der Waals surface area contributed by atoms with Crippen LogP contribution in [0, 0.1) is 19.8 Å². The summed E-state index contributed by atoms with van der Waals surface area (Å²) in [6, 6.07) is 18.9. The van der Waals surface area contributed by atoms with Crippen molar-refractivity contribution < 1.29 is 14.7 Å². The Labute approximate surface area is 240 Å². The third-order valence-corrected chi connectivity index (χ3v) is 8.41. The number of hydrogen-bond donors (Lipinski definition) is 3. The summed E-state index contributed by atoms with van der Waals surface area (Å²) in [5.41, 5.74) is 14.2. The van der Waals surface area contributed by atoms with Gasteiger partial charge in [0.05, 0.1) is 17.6 Å². The maximum Gasteiger partial charge on any atom is 0.237 e. The zero-order chi connectivity index (χ0) is 28.7. The molecule has 3 aromatic carbocycles. The lowest BCUT2D eigenvalue weighted by Gasteiger charge is -2.35. The number of amides is 2.